The molecule has 0 radical (unpaired) electrons. The molecule has 0 spiro atoms. The number of halogens is 1. The number of amides is 1. The summed E-state index contributed by atoms with van der Waals surface area (Å²) in [6.07, 6.45) is 2.15. The van der Waals surface area contributed by atoms with Crippen LogP contribution in [-0.2, 0) is 4.79 Å². The number of nitrogens with zero attached hydrogens (tertiary/aromatic N) is 2. The lowest BCUT2D eigenvalue weighted by molar-refractivity contribution is -0.683. The highest BCUT2D eigenvalue weighted by molar-refractivity contribution is 7.18. The first-order chi connectivity index (χ1) is 13.6. The minimum absolute atomic E-state index is 0.214. The Hall–Kier alpha value is -1.95. The summed E-state index contributed by atoms with van der Waals surface area (Å²) >= 11 is 7.73. The topological polar surface area (TPSA) is 49.8 Å². The van der Waals surface area contributed by atoms with Crippen molar-refractivity contribution in [2.45, 2.75) is 31.7 Å². The van der Waals surface area contributed by atoms with Crippen molar-refractivity contribution < 1.29 is 10.1 Å². The molecule has 146 valence electrons. The molecule has 3 aromatic rings. The van der Waals surface area contributed by atoms with Gasteiger partial charge in [-0.2, -0.15) is 0 Å². The molecule has 28 heavy (non-hydrogen) atoms. The molecule has 1 aromatic heterocycles. The Morgan fingerprint density at radius 2 is 2.07 bits per heavy atom. The molecule has 2 atom stereocenters. The highest BCUT2D eigenvalue weighted by Gasteiger charge is 2.27. The maximum atomic E-state index is 12.8. The Morgan fingerprint density at radius 3 is 2.86 bits per heavy atom. The molecule has 1 saturated heterocycles. The minimum atomic E-state index is 0.214. The van der Waals surface area contributed by atoms with Crippen LogP contribution in [0.1, 0.15) is 42.3 Å². The van der Waals surface area contributed by atoms with Gasteiger partial charge >= 0.3 is 0 Å². The fraction of sp³-hybridized carbons (Fsp3) is 0.364. The van der Waals surface area contributed by atoms with E-state index in [-0.39, 0.29) is 11.9 Å². The van der Waals surface area contributed by atoms with Crippen molar-refractivity contribution in [1.82, 2.24) is 9.88 Å². The first-order valence-electron chi connectivity index (χ1n) is 9.82. The third-order valence-corrected chi connectivity index (χ3v) is 6.93. The lowest BCUT2D eigenvalue weighted by Gasteiger charge is -2.31. The summed E-state index contributed by atoms with van der Waals surface area (Å²) in [5.74, 6) is 0.565. The van der Waals surface area contributed by atoms with E-state index in [9.17, 15) is 4.79 Å². The van der Waals surface area contributed by atoms with Crippen LogP contribution < -0.4 is 5.32 Å². The summed E-state index contributed by atoms with van der Waals surface area (Å²) < 4.78 is 1.23. The van der Waals surface area contributed by atoms with Gasteiger partial charge in [0.1, 0.15) is 6.04 Å². The number of aromatic nitrogens is 1. The van der Waals surface area contributed by atoms with Crippen molar-refractivity contribution in [1.29, 1.82) is 0 Å². The van der Waals surface area contributed by atoms with Crippen LogP contribution in [0.25, 0.3) is 10.2 Å². The molecule has 0 bridgehead atoms. The number of fused-ring (bicyclic) bond motifs is 1. The van der Waals surface area contributed by atoms with E-state index in [1.807, 2.05) is 35.2 Å². The zero-order chi connectivity index (χ0) is 19.5. The van der Waals surface area contributed by atoms with Gasteiger partial charge in [-0.3, -0.25) is 4.79 Å². The van der Waals surface area contributed by atoms with Crippen LogP contribution in [-0.4, -0.2) is 35.4 Å². The quantitative estimate of drug-likeness (QED) is 0.686. The molecule has 0 saturated carbocycles. The predicted molar refractivity (Wildman–Crippen MR) is 115 cm³/mol. The summed E-state index contributed by atoms with van der Waals surface area (Å²) in [5.41, 5.74) is 2.25. The normalized spacial score (nSPS) is 18.4. The van der Waals surface area contributed by atoms with Gasteiger partial charge in [-0.25, -0.2) is 4.98 Å². The number of hydrogen-bond donors (Lipinski definition) is 1. The number of quaternary nitrogens is 1. The zero-order valence-electron chi connectivity index (χ0n) is 16.0. The smallest absolute Gasteiger partial charge is 0.277 e. The van der Waals surface area contributed by atoms with Crippen LogP contribution in [0, 0.1) is 0 Å². The molecule has 6 heteroatoms. The summed E-state index contributed by atoms with van der Waals surface area (Å²) in [6.45, 7) is 4.22. The van der Waals surface area contributed by atoms with Gasteiger partial charge in [-0.1, -0.05) is 35.9 Å². The van der Waals surface area contributed by atoms with E-state index in [0.717, 1.165) is 41.5 Å². The van der Waals surface area contributed by atoms with Crippen LogP contribution in [0.15, 0.2) is 48.5 Å². The number of thiazole rings is 1. The molecule has 0 aliphatic carbocycles. The maximum absolute atomic E-state index is 12.8. The van der Waals surface area contributed by atoms with Crippen molar-refractivity contribution in [3.05, 3.63) is 64.1 Å². The number of para-hydroxylation sites is 1. The number of rotatable bonds is 5. The Labute approximate surface area is 174 Å². The Kier molecular flexibility index (Phi) is 5.95. The molecule has 1 amide bonds. The van der Waals surface area contributed by atoms with Crippen LogP contribution >= 0.6 is 22.9 Å². The lowest BCUT2D eigenvalue weighted by Crippen LogP contribution is -2.87. The second kappa shape index (κ2) is 8.60. The van der Waals surface area contributed by atoms with Gasteiger partial charge in [0.2, 0.25) is 0 Å². The van der Waals surface area contributed by atoms with Gasteiger partial charge in [0.25, 0.3) is 5.91 Å². The monoisotopic (exact) mass is 414 g/mol. The fourth-order valence-corrected chi connectivity index (χ4v) is 5.00. The van der Waals surface area contributed by atoms with Crippen LogP contribution in [0.4, 0.5) is 0 Å². The third kappa shape index (κ3) is 4.37. The van der Waals surface area contributed by atoms with Gasteiger partial charge in [-0.05, 0) is 44.0 Å². The maximum Gasteiger partial charge on any atom is 0.277 e. The van der Waals surface area contributed by atoms with E-state index >= 15 is 0 Å². The lowest BCUT2D eigenvalue weighted by atomic mass is 9.98. The Bertz CT molecular complexity index is 923. The van der Waals surface area contributed by atoms with E-state index in [0.29, 0.717) is 12.5 Å². The average Bonchev–Trinajstić information content (AvgIpc) is 3.17. The SMILES string of the molecule is C[C@@H]([NH2+]CC(=O)N1CCC[C@@H](c2nc3ccccc3s2)C1)c1ccc(Cl)cc1. The van der Waals surface area contributed by atoms with Gasteiger partial charge in [0.05, 0.1) is 15.2 Å². The summed E-state index contributed by atoms with van der Waals surface area (Å²) in [6, 6.07) is 16.3. The number of hydrogen-bond acceptors (Lipinski definition) is 3. The van der Waals surface area contributed by atoms with Crippen molar-refractivity contribution in [2.75, 3.05) is 19.6 Å². The second-order valence-electron chi connectivity index (χ2n) is 7.48. The van der Waals surface area contributed by atoms with Gasteiger partial charge in [0.15, 0.2) is 6.54 Å². The molecular weight excluding hydrogens is 390 g/mol. The molecule has 1 fully saturated rings. The van der Waals surface area contributed by atoms with Crippen LogP contribution in [0.5, 0.6) is 0 Å². The number of benzene rings is 2. The molecule has 2 heterocycles. The predicted octanol–water partition coefficient (Wildman–Crippen LogP) is 3.98. The molecule has 0 unspecified atom stereocenters. The number of piperidine rings is 1. The Balaban J connectivity index is 1.35. The first-order valence-corrected chi connectivity index (χ1v) is 11.0. The average molecular weight is 415 g/mol. The number of carbonyl (C=O) groups excluding carboxylic acids is 1. The molecule has 4 nitrogen and oxygen atoms in total. The third-order valence-electron chi connectivity index (χ3n) is 5.48. The van der Waals surface area contributed by atoms with E-state index in [1.54, 1.807) is 11.3 Å². The van der Waals surface area contributed by atoms with Crippen molar-refractivity contribution >= 4 is 39.1 Å². The molecule has 4 rings (SSSR count). The molecule has 2 N–H and O–H groups in total. The number of carbonyl (C=O) groups is 1. The van der Waals surface area contributed by atoms with E-state index in [1.165, 1.54) is 10.3 Å². The molecule has 2 aromatic carbocycles. The van der Waals surface area contributed by atoms with E-state index < -0.39 is 0 Å². The van der Waals surface area contributed by atoms with Crippen molar-refractivity contribution in [2.24, 2.45) is 0 Å². The zero-order valence-corrected chi connectivity index (χ0v) is 17.5. The van der Waals surface area contributed by atoms with Gasteiger partial charge in [0, 0.05) is 29.6 Å². The van der Waals surface area contributed by atoms with Crippen molar-refractivity contribution in [3.8, 4) is 0 Å². The van der Waals surface area contributed by atoms with E-state index in [2.05, 4.69) is 30.4 Å². The highest BCUT2D eigenvalue weighted by atomic mass is 35.5. The number of nitrogens with two attached hydrogens (primary N) is 1. The first kappa shape index (κ1) is 19.4. The largest absolute Gasteiger partial charge is 0.337 e. The highest BCUT2D eigenvalue weighted by Crippen LogP contribution is 2.32. The molecule has 1 aliphatic heterocycles. The minimum Gasteiger partial charge on any atom is -0.337 e. The Morgan fingerprint density at radius 1 is 1.29 bits per heavy atom. The van der Waals surface area contributed by atoms with E-state index in [4.69, 9.17) is 16.6 Å². The standard InChI is InChI=1S/C22H24ClN3OS/c1-15(16-8-10-18(23)11-9-16)24-13-21(27)26-12-4-5-17(14-26)22-25-19-6-2-3-7-20(19)28-22/h2-3,6-11,15,17,24H,4-5,12-14H2,1H3/p+1/t15-,17-/m1/s1. The van der Waals surface area contributed by atoms with Crippen LogP contribution in [0.2, 0.25) is 5.02 Å². The van der Waals surface area contributed by atoms with Crippen LogP contribution in [0.3, 0.4) is 0 Å². The summed E-state index contributed by atoms with van der Waals surface area (Å²) in [7, 11) is 0. The molecular formula is C22H25ClN3OS+. The summed E-state index contributed by atoms with van der Waals surface area (Å²) in [5, 5.41) is 4.01. The summed E-state index contributed by atoms with van der Waals surface area (Å²) in [4.78, 5) is 19.6. The van der Waals surface area contributed by atoms with Crippen molar-refractivity contribution in [3.63, 3.8) is 0 Å². The fourth-order valence-electron chi connectivity index (χ4n) is 3.78. The second-order valence-corrected chi connectivity index (χ2v) is 8.98. The van der Waals surface area contributed by atoms with Gasteiger partial charge < -0.3 is 10.2 Å². The van der Waals surface area contributed by atoms with Gasteiger partial charge in [-0.15, -0.1) is 11.3 Å². The number of likely N-dealkylation sites (tertiary alicyclic amines) is 1. The molecule has 1 aliphatic rings.